The van der Waals surface area contributed by atoms with Crippen LogP contribution in [0.5, 0.6) is 0 Å². The van der Waals surface area contributed by atoms with Gasteiger partial charge in [-0.1, -0.05) is 24.5 Å². The second kappa shape index (κ2) is 5.62. The molecule has 0 N–H and O–H groups in total. The molecule has 1 saturated carbocycles. The molecule has 0 aromatic heterocycles. The molecule has 4 nitrogen and oxygen atoms in total. The Labute approximate surface area is 98.0 Å². The third-order valence-electron chi connectivity index (χ3n) is 3.63. The molecule has 3 atom stereocenters. The zero-order valence-corrected chi connectivity index (χ0v) is 10.4. The predicted octanol–water partition coefficient (Wildman–Crippen LogP) is 2.80. The Kier molecular flexibility index (Phi) is 4.16. The summed E-state index contributed by atoms with van der Waals surface area (Å²) in [7, 11) is 0. The molecular formula is C12H23N3O. The third kappa shape index (κ3) is 2.37. The fourth-order valence-corrected chi connectivity index (χ4v) is 2.84. The average molecular weight is 225 g/mol. The van der Waals surface area contributed by atoms with Gasteiger partial charge in [0, 0.05) is 13.2 Å². The van der Waals surface area contributed by atoms with E-state index >= 15 is 0 Å². The molecule has 0 saturated heterocycles. The number of hydrogen-bond donors (Lipinski definition) is 0. The van der Waals surface area contributed by atoms with E-state index in [1.807, 2.05) is 0 Å². The molecule has 16 heavy (non-hydrogen) atoms. The first-order chi connectivity index (χ1) is 7.86. The average Bonchev–Trinajstić information content (AvgIpc) is 2.66. The first-order valence-electron chi connectivity index (χ1n) is 6.65. The van der Waals surface area contributed by atoms with E-state index in [1.54, 1.807) is 0 Å². The highest BCUT2D eigenvalue weighted by atomic mass is 16.5. The standard InChI is InChI=1S/C12H23N3O/c1-3-15-12-10(13-14-15)8-6-5-7-9-11(12)16-4-2/h10-12H,3-9H2,1-2H3. The molecule has 2 aliphatic rings. The summed E-state index contributed by atoms with van der Waals surface area (Å²) in [6.07, 6.45) is 6.55. The molecule has 0 aromatic rings. The summed E-state index contributed by atoms with van der Waals surface area (Å²) < 4.78 is 5.90. The Morgan fingerprint density at radius 1 is 1.19 bits per heavy atom. The molecule has 1 fully saturated rings. The SMILES string of the molecule is CCOC1CCCCCC2N=NN(CC)C21. The van der Waals surface area contributed by atoms with Crippen LogP contribution in [0.4, 0.5) is 0 Å². The fourth-order valence-electron chi connectivity index (χ4n) is 2.84. The van der Waals surface area contributed by atoms with Crippen LogP contribution >= 0.6 is 0 Å². The Bertz CT molecular complexity index is 244. The summed E-state index contributed by atoms with van der Waals surface area (Å²) in [4.78, 5) is 0. The number of rotatable bonds is 3. The molecule has 1 heterocycles. The molecule has 0 amide bonds. The molecule has 0 radical (unpaired) electrons. The molecule has 0 aromatic carbocycles. The smallest absolute Gasteiger partial charge is 0.0990 e. The Balaban J connectivity index is 2.08. The van der Waals surface area contributed by atoms with Gasteiger partial charge in [0.05, 0.1) is 18.2 Å². The van der Waals surface area contributed by atoms with Gasteiger partial charge in [-0.3, -0.25) is 5.01 Å². The third-order valence-corrected chi connectivity index (χ3v) is 3.63. The topological polar surface area (TPSA) is 37.2 Å². The monoisotopic (exact) mass is 225 g/mol. The van der Waals surface area contributed by atoms with Gasteiger partial charge in [-0.15, -0.1) is 0 Å². The molecule has 0 spiro atoms. The zero-order valence-electron chi connectivity index (χ0n) is 10.4. The van der Waals surface area contributed by atoms with Crippen molar-refractivity contribution in [3.63, 3.8) is 0 Å². The van der Waals surface area contributed by atoms with Crippen LogP contribution in [0, 0.1) is 0 Å². The van der Waals surface area contributed by atoms with Crippen LogP contribution in [0.15, 0.2) is 10.3 Å². The first kappa shape index (κ1) is 11.8. The van der Waals surface area contributed by atoms with Gasteiger partial charge < -0.3 is 4.74 Å². The van der Waals surface area contributed by atoms with Gasteiger partial charge in [-0.2, -0.15) is 5.11 Å². The molecule has 1 aliphatic carbocycles. The molecule has 92 valence electrons. The van der Waals surface area contributed by atoms with Crippen LogP contribution in [0.1, 0.15) is 46.0 Å². The molecule has 0 bridgehead atoms. The summed E-state index contributed by atoms with van der Waals surface area (Å²) in [6.45, 7) is 5.95. The van der Waals surface area contributed by atoms with Gasteiger partial charge in [0.25, 0.3) is 0 Å². The van der Waals surface area contributed by atoms with Crippen molar-refractivity contribution < 1.29 is 4.74 Å². The van der Waals surface area contributed by atoms with Gasteiger partial charge in [0.2, 0.25) is 0 Å². The van der Waals surface area contributed by atoms with Crippen molar-refractivity contribution >= 4 is 0 Å². The number of likely N-dealkylation sites (N-methyl/N-ethyl adjacent to an activating group) is 1. The number of hydrogen-bond acceptors (Lipinski definition) is 4. The molecule has 4 heteroatoms. The van der Waals surface area contributed by atoms with Crippen LogP contribution < -0.4 is 0 Å². The van der Waals surface area contributed by atoms with Crippen molar-refractivity contribution in [1.29, 1.82) is 0 Å². The van der Waals surface area contributed by atoms with Crippen molar-refractivity contribution in [3.8, 4) is 0 Å². The van der Waals surface area contributed by atoms with E-state index in [0.717, 1.165) is 19.6 Å². The maximum atomic E-state index is 5.90. The van der Waals surface area contributed by atoms with Gasteiger partial charge >= 0.3 is 0 Å². The van der Waals surface area contributed by atoms with Gasteiger partial charge in [0.1, 0.15) is 0 Å². The lowest BCUT2D eigenvalue weighted by molar-refractivity contribution is -0.0144. The predicted molar refractivity (Wildman–Crippen MR) is 63.3 cm³/mol. The fraction of sp³-hybridized carbons (Fsp3) is 1.00. The van der Waals surface area contributed by atoms with Gasteiger partial charge in [0.15, 0.2) is 0 Å². The summed E-state index contributed by atoms with van der Waals surface area (Å²) in [5.41, 5.74) is 0. The van der Waals surface area contributed by atoms with Crippen LogP contribution in [-0.4, -0.2) is 36.3 Å². The van der Waals surface area contributed by atoms with E-state index in [1.165, 1.54) is 25.7 Å². The zero-order chi connectivity index (χ0) is 11.4. The number of ether oxygens (including phenoxy) is 1. The molecule has 2 rings (SSSR count). The van der Waals surface area contributed by atoms with Crippen molar-refractivity contribution in [2.75, 3.05) is 13.2 Å². The molecule has 1 aliphatic heterocycles. The van der Waals surface area contributed by atoms with Crippen molar-refractivity contribution in [2.45, 2.75) is 64.1 Å². The summed E-state index contributed by atoms with van der Waals surface area (Å²) in [5, 5.41) is 10.8. The largest absolute Gasteiger partial charge is 0.376 e. The minimum absolute atomic E-state index is 0.324. The lowest BCUT2D eigenvalue weighted by Gasteiger charge is -2.33. The van der Waals surface area contributed by atoms with Crippen molar-refractivity contribution in [2.24, 2.45) is 10.3 Å². The molecular weight excluding hydrogens is 202 g/mol. The van der Waals surface area contributed by atoms with E-state index in [9.17, 15) is 0 Å². The lowest BCUT2D eigenvalue weighted by atomic mass is 9.90. The maximum Gasteiger partial charge on any atom is 0.0990 e. The van der Waals surface area contributed by atoms with E-state index in [2.05, 4.69) is 29.2 Å². The van der Waals surface area contributed by atoms with Crippen LogP contribution in [0.2, 0.25) is 0 Å². The number of nitrogens with zero attached hydrogens (tertiary/aromatic N) is 3. The second-order valence-corrected chi connectivity index (χ2v) is 4.65. The highest BCUT2D eigenvalue weighted by Gasteiger charge is 2.38. The maximum absolute atomic E-state index is 5.90. The van der Waals surface area contributed by atoms with Crippen molar-refractivity contribution in [1.82, 2.24) is 5.01 Å². The quantitative estimate of drug-likeness (QED) is 0.740. The van der Waals surface area contributed by atoms with Crippen LogP contribution in [-0.2, 0) is 4.74 Å². The first-order valence-corrected chi connectivity index (χ1v) is 6.65. The van der Waals surface area contributed by atoms with E-state index in [4.69, 9.17) is 4.74 Å². The second-order valence-electron chi connectivity index (χ2n) is 4.65. The normalized spacial score (nSPS) is 34.6. The Morgan fingerprint density at radius 3 is 2.75 bits per heavy atom. The van der Waals surface area contributed by atoms with E-state index in [0.29, 0.717) is 18.2 Å². The summed E-state index contributed by atoms with van der Waals surface area (Å²) >= 11 is 0. The van der Waals surface area contributed by atoms with E-state index < -0.39 is 0 Å². The summed E-state index contributed by atoms with van der Waals surface area (Å²) in [6, 6.07) is 0.766. The number of fused-ring (bicyclic) bond motifs is 1. The van der Waals surface area contributed by atoms with Gasteiger partial charge in [-0.05, 0) is 26.7 Å². The Morgan fingerprint density at radius 2 is 2.00 bits per heavy atom. The van der Waals surface area contributed by atoms with Crippen LogP contribution in [0.25, 0.3) is 0 Å². The van der Waals surface area contributed by atoms with Crippen molar-refractivity contribution in [3.05, 3.63) is 0 Å². The minimum atomic E-state index is 0.324. The van der Waals surface area contributed by atoms with Gasteiger partial charge in [-0.25, -0.2) is 0 Å². The lowest BCUT2D eigenvalue weighted by Crippen LogP contribution is -2.46. The van der Waals surface area contributed by atoms with Crippen LogP contribution in [0.3, 0.4) is 0 Å². The summed E-state index contributed by atoms with van der Waals surface area (Å²) in [5.74, 6) is 0. The highest BCUT2D eigenvalue weighted by Crippen LogP contribution is 2.30. The highest BCUT2D eigenvalue weighted by molar-refractivity contribution is 4.93. The molecule has 3 unspecified atom stereocenters. The van der Waals surface area contributed by atoms with E-state index in [-0.39, 0.29) is 0 Å². The minimum Gasteiger partial charge on any atom is -0.376 e. The Hall–Kier alpha value is -0.640.